The van der Waals surface area contributed by atoms with Crippen LogP contribution in [0, 0.1) is 13.8 Å². The summed E-state index contributed by atoms with van der Waals surface area (Å²) in [6.07, 6.45) is 0.244. The number of hydrogen-bond acceptors (Lipinski definition) is 4. The van der Waals surface area contributed by atoms with Gasteiger partial charge >= 0.3 is 0 Å². The molecule has 0 saturated heterocycles. The van der Waals surface area contributed by atoms with Crippen LogP contribution < -0.4 is 9.62 Å². The van der Waals surface area contributed by atoms with Gasteiger partial charge in [-0.2, -0.15) is 0 Å². The van der Waals surface area contributed by atoms with Crippen LogP contribution in [0.1, 0.15) is 29.2 Å². The predicted molar refractivity (Wildman–Crippen MR) is 172 cm³/mol. The number of benzene rings is 4. The van der Waals surface area contributed by atoms with Crippen LogP contribution in [0.2, 0.25) is 5.02 Å². The number of rotatable bonds is 12. The van der Waals surface area contributed by atoms with E-state index < -0.39 is 28.5 Å². The van der Waals surface area contributed by atoms with Gasteiger partial charge in [0.1, 0.15) is 12.6 Å². The lowest BCUT2D eigenvalue weighted by Gasteiger charge is -2.34. The lowest BCUT2D eigenvalue weighted by Crippen LogP contribution is -2.53. The van der Waals surface area contributed by atoms with Crippen molar-refractivity contribution in [2.24, 2.45) is 0 Å². The van der Waals surface area contributed by atoms with Crippen molar-refractivity contribution in [1.82, 2.24) is 10.2 Å². The van der Waals surface area contributed by atoms with Crippen LogP contribution in [0.25, 0.3) is 0 Å². The second kappa shape index (κ2) is 14.4. The van der Waals surface area contributed by atoms with Gasteiger partial charge in [-0.1, -0.05) is 78.3 Å². The maximum absolute atomic E-state index is 14.4. The first-order valence-corrected chi connectivity index (χ1v) is 15.9. The van der Waals surface area contributed by atoms with Gasteiger partial charge in [0.25, 0.3) is 10.0 Å². The fraction of sp³-hybridized carbons (Fsp3) is 0.235. The Bertz CT molecular complexity index is 1640. The molecular weight excluding hydrogens is 582 g/mol. The quantitative estimate of drug-likeness (QED) is 0.214. The molecule has 0 bridgehead atoms. The summed E-state index contributed by atoms with van der Waals surface area (Å²) in [5.74, 6) is -0.851. The van der Waals surface area contributed by atoms with Crippen molar-refractivity contribution in [3.8, 4) is 0 Å². The number of aryl methyl sites for hydroxylation is 2. The Morgan fingerprint density at radius 2 is 1.42 bits per heavy atom. The van der Waals surface area contributed by atoms with Gasteiger partial charge in [-0.25, -0.2) is 8.42 Å². The summed E-state index contributed by atoms with van der Waals surface area (Å²) in [7, 11) is -4.15. The molecule has 4 rings (SSSR count). The molecule has 43 heavy (non-hydrogen) atoms. The van der Waals surface area contributed by atoms with Crippen molar-refractivity contribution in [2.45, 2.75) is 44.7 Å². The highest BCUT2D eigenvalue weighted by Gasteiger charge is 2.34. The van der Waals surface area contributed by atoms with Crippen LogP contribution in [-0.4, -0.2) is 44.3 Å². The fourth-order valence-corrected chi connectivity index (χ4v) is 6.65. The van der Waals surface area contributed by atoms with Gasteiger partial charge in [-0.15, -0.1) is 0 Å². The second-order valence-electron chi connectivity index (χ2n) is 10.4. The minimum atomic E-state index is -4.15. The summed E-state index contributed by atoms with van der Waals surface area (Å²) in [4.78, 5) is 29.5. The average Bonchev–Trinajstić information content (AvgIpc) is 2.98. The van der Waals surface area contributed by atoms with Crippen molar-refractivity contribution in [2.75, 3.05) is 17.4 Å². The van der Waals surface area contributed by atoms with Crippen LogP contribution in [-0.2, 0) is 32.6 Å². The number of nitrogens with one attached hydrogen (secondary N) is 1. The summed E-state index contributed by atoms with van der Waals surface area (Å²) >= 11 is 6.28. The summed E-state index contributed by atoms with van der Waals surface area (Å²) in [6, 6.07) is 29.1. The van der Waals surface area contributed by atoms with Crippen LogP contribution in [0.5, 0.6) is 0 Å². The van der Waals surface area contributed by atoms with E-state index in [-0.39, 0.29) is 23.8 Å². The Hall–Kier alpha value is -4.14. The molecule has 0 spiro atoms. The van der Waals surface area contributed by atoms with Gasteiger partial charge in [-0.3, -0.25) is 13.9 Å². The topological polar surface area (TPSA) is 86.8 Å². The number of carbonyl (C=O) groups is 2. The van der Waals surface area contributed by atoms with E-state index in [1.807, 2.05) is 63.2 Å². The molecule has 4 aromatic carbocycles. The number of hydrogen-bond donors (Lipinski definition) is 1. The number of sulfonamides is 1. The highest BCUT2D eigenvalue weighted by atomic mass is 35.5. The Morgan fingerprint density at radius 3 is 2.02 bits per heavy atom. The van der Waals surface area contributed by atoms with Crippen molar-refractivity contribution in [3.63, 3.8) is 0 Å². The molecule has 0 fully saturated rings. The normalized spacial score (nSPS) is 11.9. The molecule has 224 valence electrons. The minimum absolute atomic E-state index is 0.0557. The lowest BCUT2D eigenvalue weighted by molar-refractivity contribution is -0.140. The molecular formula is C34H36ClN3O4S. The smallest absolute Gasteiger partial charge is 0.264 e. The van der Waals surface area contributed by atoms with E-state index in [1.54, 1.807) is 48.5 Å². The number of likely N-dealkylation sites (N-methyl/N-ethyl adjacent to an activating group) is 1. The van der Waals surface area contributed by atoms with Gasteiger partial charge in [-0.05, 0) is 79.4 Å². The summed E-state index contributed by atoms with van der Waals surface area (Å²) in [6.45, 7) is 5.49. The summed E-state index contributed by atoms with van der Waals surface area (Å²) in [5, 5.41) is 3.36. The molecule has 4 aromatic rings. The van der Waals surface area contributed by atoms with E-state index in [1.165, 1.54) is 17.0 Å². The number of anilines is 1. The third-order valence-corrected chi connectivity index (χ3v) is 8.99. The molecule has 0 radical (unpaired) electrons. The third-order valence-electron chi connectivity index (χ3n) is 6.97. The van der Waals surface area contributed by atoms with Crippen molar-refractivity contribution in [1.29, 1.82) is 0 Å². The fourth-order valence-electron chi connectivity index (χ4n) is 5.02. The number of halogens is 1. The van der Waals surface area contributed by atoms with Crippen LogP contribution >= 0.6 is 11.6 Å². The van der Waals surface area contributed by atoms with Crippen molar-refractivity contribution in [3.05, 3.63) is 130 Å². The van der Waals surface area contributed by atoms with Gasteiger partial charge in [0.15, 0.2) is 0 Å². The van der Waals surface area contributed by atoms with E-state index in [2.05, 4.69) is 5.32 Å². The second-order valence-corrected chi connectivity index (χ2v) is 12.7. The molecule has 0 aliphatic rings. The Morgan fingerprint density at radius 1 is 0.814 bits per heavy atom. The molecule has 7 nitrogen and oxygen atoms in total. The monoisotopic (exact) mass is 617 g/mol. The van der Waals surface area contributed by atoms with E-state index in [4.69, 9.17) is 11.6 Å². The van der Waals surface area contributed by atoms with Crippen molar-refractivity contribution >= 4 is 39.1 Å². The largest absolute Gasteiger partial charge is 0.355 e. The van der Waals surface area contributed by atoms with Gasteiger partial charge < -0.3 is 10.2 Å². The van der Waals surface area contributed by atoms with E-state index in [0.717, 1.165) is 21.0 Å². The number of amides is 2. The molecule has 0 saturated carbocycles. The minimum Gasteiger partial charge on any atom is -0.355 e. The highest BCUT2D eigenvalue weighted by Crippen LogP contribution is 2.27. The molecule has 0 aliphatic heterocycles. The molecule has 1 N–H and O–H groups in total. The van der Waals surface area contributed by atoms with Crippen LogP contribution in [0.15, 0.2) is 108 Å². The molecule has 0 heterocycles. The third kappa shape index (κ3) is 8.24. The molecule has 9 heteroatoms. The standard InChI is InChI=1S/C34H36ClN3O4S/c1-4-36-34(40)32(22-27-12-7-5-8-13-27)37(23-28-14-11-15-29(35)21-28)33(39)24-38(30-19-25(2)18-26(3)20-30)43(41,42)31-16-9-6-10-17-31/h5-21,32H,4,22-24H2,1-3H3,(H,36,40). The van der Waals surface area contributed by atoms with Gasteiger partial charge in [0.05, 0.1) is 10.6 Å². The Kier molecular flexibility index (Phi) is 10.6. The van der Waals surface area contributed by atoms with Gasteiger partial charge in [0.2, 0.25) is 11.8 Å². The molecule has 1 unspecified atom stereocenters. The summed E-state index contributed by atoms with van der Waals surface area (Å²) < 4.78 is 29.3. The Balaban J connectivity index is 1.81. The van der Waals surface area contributed by atoms with E-state index in [0.29, 0.717) is 22.8 Å². The van der Waals surface area contributed by atoms with Gasteiger partial charge in [0, 0.05) is 24.5 Å². The first-order valence-electron chi connectivity index (χ1n) is 14.1. The van der Waals surface area contributed by atoms with Crippen LogP contribution in [0.3, 0.4) is 0 Å². The number of carbonyl (C=O) groups excluding carboxylic acids is 2. The van der Waals surface area contributed by atoms with E-state index >= 15 is 0 Å². The first-order chi connectivity index (χ1) is 20.6. The average molecular weight is 618 g/mol. The first kappa shape index (κ1) is 31.8. The Labute approximate surface area is 259 Å². The predicted octanol–water partition coefficient (Wildman–Crippen LogP) is 5.93. The molecule has 0 aromatic heterocycles. The zero-order valence-electron chi connectivity index (χ0n) is 24.5. The zero-order chi connectivity index (χ0) is 31.0. The lowest BCUT2D eigenvalue weighted by atomic mass is 10.0. The highest BCUT2D eigenvalue weighted by molar-refractivity contribution is 7.92. The molecule has 0 aliphatic carbocycles. The molecule has 2 amide bonds. The number of nitrogens with zero attached hydrogens (tertiary/aromatic N) is 2. The van der Waals surface area contributed by atoms with Crippen LogP contribution in [0.4, 0.5) is 5.69 Å². The zero-order valence-corrected chi connectivity index (χ0v) is 26.1. The SMILES string of the molecule is CCNC(=O)C(Cc1ccccc1)N(Cc1cccc(Cl)c1)C(=O)CN(c1cc(C)cc(C)c1)S(=O)(=O)c1ccccc1. The van der Waals surface area contributed by atoms with E-state index in [9.17, 15) is 18.0 Å². The summed E-state index contributed by atoms with van der Waals surface area (Å²) in [5.41, 5.74) is 3.67. The molecule has 1 atom stereocenters. The maximum atomic E-state index is 14.4. The maximum Gasteiger partial charge on any atom is 0.264 e. The van der Waals surface area contributed by atoms with Crippen molar-refractivity contribution < 1.29 is 18.0 Å².